The van der Waals surface area contributed by atoms with Crippen LogP contribution >= 0.6 is 0 Å². The lowest BCUT2D eigenvalue weighted by molar-refractivity contribution is 0.102. The lowest BCUT2D eigenvalue weighted by atomic mass is 10.2. The highest BCUT2D eigenvalue weighted by atomic mass is 16.1. The Morgan fingerprint density at radius 2 is 1.95 bits per heavy atom. The molecule has 0 fully saturated rings. The zero-order chi connectivity index (χ0) is 13.8. The zero-order valence-electron chi connectivity index (χ0n) is 10.6. The van der Waals surface area contributed by atoms with Crippen LogP contribution in [0.5, 0.6) is 0 Å². The van der Waals surface area contributed by atoms with E-state index >= 15 is 0 Å². The van der Waals surface area contributed by atoms with Crippen molar-refractivity contribution >= 4 is 11.6 Å². The highest BCUT2D eigenvalue weighted by Crippen LogP contribution is 2.18. The third kappa shape index (κ3) is 2.56. The Morgan fingerprint density at radius 3 is 2.60 bits per heavy atom. The molecule has 2 heterocycles. The number of hydrogen-bond acceptors (Lipinski definition) is 3. The number of H-pyrrole nitrogens is 1. The van der Waals surface area contributed by atoms with Gasteiger partial charge in [-0.1, -0.05) is 0 Å². The maximum absolute atomic E-state index is 12.0. The number of nitrogens with zero attached hydrogens (tertiary/aromatic N) is 2. The molecule has 0 atom stereocenters. The average molecular weight is 264 g/mol. The van der Waals surface area contributed by atoms with Gasteiger partial charge in [-0.3, -0.25) is 9.78 Å². The van der Waals surface area contributed by atoms with Crippen molar-refractivity contribution in [3.05, 3.63) is 66.7 Å². The molecule has 5 nitrogen and oxygen atoms in total. The van der Waals surface area contributed by atoms with Crippen molar-refractivity contribution in [1.29, 1.82) is 0 Å². The number of carbonyl (C=O) groups is 1. The number of aromatic amines is 1. The summed E-state index contributed by atoms with van der Waals surface area (Å²) in [6.07, 6.45) is 6.64. The van der Waals surface area contributed by atoms with Gasteiger partial charge in [0.2, 0.25) is 0 Å². The van der Waals surface area contributed by atoms with Crippen molar-refractivity contribution in [2.45, 2.75) is 0 Å². The van der Waals surface area contributed by atoms with Gasteiger partial charge in [0.1, 0.15) is 5.82 Å². The third-order valence-corrected chi connectivity index (χ3v) is 2.84. The molecule has 2 aromatic heterocycles. The molecule has 0 radical (unpaired) electrons. The monoisotopic (exact) mass is 264 g/mol. The number of benzene rings is 1. The Balaban J connectivity index is 1.74. The molecular formula is C15H12N4O. The molecule has 1 aromatic carbocycles. The van der Waals surface area contributed by atoms with Crippen LogP contribution in [0, 0.1) is 0 Å². The van der Waals surface area contributed by atoms with Crippen molar-refractivity contribution in [3.8, 4) is 11.4 Å². The number of aromatic nitrogens is 3. The lowest BCUT2D eigenvalue weighted by Crippen LogP contribution is -2.11. The molecule has 0 aliphatic heterocycles. The molecule has 0 saturated carbocycles. The summed E-state index contributed by atoms with van der Waals surface area (Å²) in [5.74, 6) is 0.624. The normalized spacial score (nSPS) is 10.2. The van der Waals surface area contributed by atoms with Crippen molar-refractivity contribution in [3.63, 3.8) is 0 Å². The predicted molar refractivity (Wildman–Crippen MR) is 76.2 cm³/mol. The Labute approximate surface area is 115 Å². The number of pyridine rings is 1. The van der Waals surface area contributed by atoms with E-state index in [0.29, 0.717) is 5.56 Å². The van der Waals surface area contributed by atoms with Gasteiger partial charge in [0.15, 0.2) is 0 Å². The zero-order valence-corrected chi connectivity index (χ0v) is 10.6. The highest BCUT2D eigenvalue weighted by Gasteiger charge is 2.06. The highest BCUT2D eigenvalue weighted by molar-refractivity contribution is 6.04. The van der Waals surface area contributed by atoms with Crippen molar-refractivity contribution in [2.24, 2.45) is 0 Å². The van der Waals surface area contributed by atoms with Crippen LogP contribution in [0.3, 0.4) is 0 Å². The molecule has 0 bridgehead atoms. The maximum atomic E-state index is 12.0. The van der Waals surface area contributed by atoms with Gasteiger partial charge in [-0.05, 0) is 36.4 Å². The summed E-state index contributed by atoms with van der Waals surface area (Å²) in [5, 5.41) is 2.82. The fourth-order valence-corrected chi connectivity index (χ4v) is 1.83. The van der Waals surface area contributed by atoms with Crippen LogP contribution in [0.15, 0.2) is 61.2 Å². The minimum Gasteiger partial charge on any atom is -0.345 e. The first kappa shape index (κ1) is 12.1. The topological polar surface area (TPSA) is 70.7 Å². The van der Waals surface area contributed by atoms with E-state index in [4.69, 9.17) is 0 Å². The Morgan fingerprint density at radius 1 is 1.10 bits per heavy atom. The average Bonchev–Trinajstić information content (AvgIpc) is 3.03. The fourth-order valence-electron chi connectivity index (χ4n) is 1.83. The number of carbonyl (C=O) groups excluding carboxylic acids is 1. The smallest absolute Gasteiger partial charge is 0.257 e. The minimum atomic E-state index is -0.177. The van der Waals surface area contributed by atoms with E-state index < -0.39 is 0 Å². The summed E-state index contributed by atoms with van der Waals surface area (Å²) >= 11 is 0. The van der Waals surface area contributed by atoms with Crippen LogP contribution in [-0.4, -0.2) is 20.9 Å². The molecule has 20 heavy (non-hydrogen) atoms. The second-order valence-corrected chi connectivity index (χ2v) is 4.21. The van der Waals surface area contributed by atoms with Gasteiger partial charge in [0, 0.05) is 36.0 Å². The second-order valence-electron chi connectivity index (χ2n) is 4.21. The summed E-state index contributed by atoms with van der Waals surface area (Å²) in [4.78, 5) is 23.1. The number of anilines is 1. The predicted octanol–water partition coefficient (Wildman–Crippen LogP) is 2.72. The van der Waals surface area contributed by atoms with Crippen molar-refractivity contribution in [2.75, 3.05) is 5.32 Å². The molecule has 0 unspecified atom stereocenters. The number of nitrogens with one attached hydrogen (secondary N) is 2. The van der Waals surface area contributed by atoms with Crippen molar-refractivity contribution in [1.82, 2.24) is 15.0 Å². The maximum Gasteiger partial charge on any atom is 0.257 e. The quantitative estimate of drug-likeness (QED) is 0.764. The van der Waals surface area contributed by atoms with Gasteiger partial charge in [0.25, 0.3) is 5.91 Å². The minimum absolute atomic E-state index is 0.177. The molecule has 0 aliphatic rings. The summed E-state index contributed by atoms with van der Waals surface area (Å²) in [6.45, 7) is 0. The summed E-state index contributed by atoms with van der Waals surface area (Å²) in [5.41, 5.74) is 2.23. The SMILES string of the molecule is O=C(Nc1ccc(-c2ncc[nH]2)cc1)c1cccnc1. The number of hydrogen-bond donors (Lipinski definition) is 2. The first-order valence-corrected chi connectivity index (χ1v) is 6.14. The van der Waals surface area contributed by atoms with E-state index in [0.717, 1.165) is 17.1 Å². The summed E-state index contributed by atoms with van der Waals surface area (Å²) < 4.78 is 0. The second kappa shape index (κ2) is 5.36. The Hall–Kier alpha value is -2.95. The first-order chi connectivity index (χ1) is 9.83. The molecular weight excluding hydrogens is 252 g/mol. The molecule has 2 N–H and O–H groups in total. The fraction of sp³-hybridized carbons (Fsp3) is 0. The Kier molecular flexibility index (Phi) is 3.24. The van der Waals surface area contributed by atoms with Gasteiger partial charge < -0.3 is 10.3 Å². The number of imidazole rings is 1. The molecule has 5 heteroatoms. The largest absolute Gasteiger partial charge is 0.345 e. The third-order valence-electron chi connectivity index (χ3n) is 2.84. The van der Waals surface area contributed by atoms with Crippen LogP contribution < -0.4 is 5.32 Å². The Bertz CT molecular complexity index is 691. The lowest BCUT2D eigenvalue weighted by Gasteiger charge is -2.05. The molecule has 1 amide bonds. The van der Waals surface area contributed by atoms with Gasteiger partial charge in [0.05, 0.1) is 5.56 Å². The van der Waals surface area contributed by atoms with Crippen LogP contribution in [0.25, 0.3) is 11.4 Å². The molecule has 0 spiro atoms. The van der Waals surface area contributed by atoms with E-state index in [1.165, 1.54) is 6.20 Å². The van der Waals surface area contributed by atoms with Crippen LogP contribution in [0.1, 0.15) is 10.4 Å². The molecule has 3 aromatic rings. The van der Waals surface area contributed by atoms with E-state index in [2.05, 4.69) is 20.3 Å². The van der Waals surface area contributed by atoms with Crippen molar-refractivity contribution < 1.29 is 4.79 Å². The molecule has 0 aliphatic carbocycles. The van der Waals surface area contributed by atoms with E-state index in [1.807, 2.05) is 24.3 Å². The van der Waals surface area contributed by atoms with Gasteiger partial charge >= 0.3 is 0 Å². The first-order valence-electron chi connectivity index (χ1n) is 6.14. The van der Waals surface area contributed by atoms with E-state index in [1.54, 1.807) is 30.7 Å². The van der Waals surface area contributed by atoms with Gasteiger partial charge in [-0.25, -0.2) is 4.98 Å². The number of amides is 1. The summed E-state index contributed by atoms with van der Waals surface area (Å²) in [7, 11) is 0. The molecule has 98 valence electrons. The number of rotatable bonds is 3. The summed E-state index contributed by atoms with van der Waals surface area (Å²) in [6, 6.07) is 10.9. The van der Waals surface area contributed by atoms with E-state index in [9.17, 15) is 4.79 Å². The van der Waals surface area contributed by atoms with Crippen LogP contribution in [-0.2, 0) is 0 Å². The molecule has 3 rings (SSSR count). The van der Waals surface area contributed by atoms with E-state index in [-0.39, 0.29) is 5.91 Å². The van der Waals surface area contributed by atoms with Gasteiger partial charge in [-0.15, -0.1) is 0 Å². The van der Waals surface area contributed by atoms with Crippen LogP contribution in [0.2, 0.25) is 0 Å². The van der Waals surface area contributed by atoms with Crippen LogP contribution in [0.4, 0.5) is 5.69 Å². The van der Waals surface area contributed by atoms with Gasteiger partial charge in [-0.2, -0.15) is 0 Å². The molecule has 0 saturated heterocycles. The standard InChI is InChI=1S/C15H12N4O/c20-15(12-2-1-7-16-10-12)19-13-5-3-11(4-6-13)14-17-8-9-18-14/h1-10H,(H,17,18)(H,19,20).